The van der Waals surface area contributed by atoms with Crippen LogP contribution in [0.1, 0.15) is 41.4 Å². The highest BCUT2D eigenvalue weighted by Gasteiger charge is 2.32. The number of amides is 1. The summed E-state index contributed by atoms with van der Waals surface area (Å²) in [5.74, 6) is -0.243. The van der Waals surface area contributed by atoms with Crippen LogP contribution in [0.5, 0.6) is 0 Å². The minimum absolute atomic E-state index is 0.0833. The molecule has 1 aliphatic heterocycles. The van der Waals surface area contributed by atoms with Crippen LogP contribution in [-0.4, -0.2) is 37.1 Å². The van der Waals surface area contributed by atoms with Crippen molar-refractivity contribution in [1.29, 1.82) is 0 Å². The molecule has 8 heteroatoms. The number of anilines is 1. The van der Waals surface area contributed by atoms with E-state index >= 15 is 0 Å². The Kier molecular flexibility index (Phi) is 4.77. The molecule has 2 N–H and O–H groups in total. The lowest BCUT2D eigenvalue weighted by atomic mass is 9.93. The lowest BCUT2D eigenvalue weighted by Gasteiger charge is -2.36. The van der Waals surface area contributed by atoms with Crippen molar-refractivity contribution in [3.05, 3.63) is 59.9 Å². The van der Waals surface area contributed by atoms with E-state index in [1.54, 1.807) is 42.5 Å². The molecule has 0 saturated carbocycles. The summed E-state index contributed by atoms with van der Waals surface area (Å²) in [4.78, 5) is 23.6. The fourth-order valence-corrected chi connectivity index (χ4v) is 3.67. The molecule has 2 aromatic heterocycles. The van der Waals surface area contributed by atoms with E-state index in [-0.39, 0.29) is 23.7 Å². The molecule has 3 heterocycles. The van der Waals surface area contributed by atoms with E-state index < -0.39 is 0 Å². The van der Waals surface area contributed by atoms with Crippen molar-refractivity contribution in [1.82, 2.24) is 24.6 Å². The highest BCUT2D eigenvalue weighted by atomic mass is 19.1. The molecule has 7 nitrogen and oxygen atoms in total. The van der Waals surface area contributed by atoms with Gasteiger partial charge in [0.05, 0.1) is 23.5 Å². The third-order valence-electron chi connectivity index (χ3n) is 5.02. The Balaban J connectivity index is 1.76. The molecule has 0 unspecified atom stereocenters. The van der Waals surface area contributed by atoms with Gasteiger partial charge in [-0.15, -0.1) is 0 Å². The summed E-state index contributed by atoms with van der Waals surface area (Å²) in [5, 5.41) is 4.11. The van der Waals surface area contributed by atoms with Gasteiger partial charge in [-0.05, 0) is 37.0 Å². The number of nitrogens with two attached hydrogens (primary N) is 1. The number of hydrogen-bond acceptors (Lipinski definition) is 5. The fourth-order valence-electron chi connectivity index (χ4n) is 3.67. The van der Waals surface area contributed by atoms with Gasteiger partial charge in [0.2, 0.25) is 5.95 Å². The maximum Gasteiger partial charge on any atom is 0.257 e. The second-order valence-corrected chi connectivity index (χ2v) is 6.95. The first kappa shape index (κ1) is 18.1. The van der Waals surface area contributed by atoms with E-state index in [2.05, 4.69) is 15.1 Å². The van der Waals surface area contributed by atoms with Crippen molar-refractivity contribution in [2.45, 2.75) is 25.3 Å². The average molecular weight is 380 g/mol. The zero-order valence-electron chi connectivity index (χ0n) is 15.5. The summed E-state index contributed by atoms with van der Waals surface area (Å²) in [5.41, 5.74) is 8.65. The normalized spacial score (nSPS) is 16.9. The van der Waals surface area contributed by atoms with Gasteiger partial charge in [-0.25, -0.2) is 14.4 Å². The number of hydrogen-bond donors (Lipinski definition) is 1. The lowest BCUT2D eigenvalue weighted by molar-refractivity contribution is 0.0606. The van der Waals surface area contributed by atoms with E-state index in [4.69, 9.17) is 5.73 Å². The predicted molar refractivity (Wildman–Crippen MR) is 103 cm³/mol. The summed E-state index contributed by atoms with van der Waals surface area (Å²) >= 11 is 0. The van der Waals surface area contributed by atoms with Gasteiger partial charge in [-0.2, -0.15) is 5.10 Å². The number of carbonyl (C=O) groups excluding carboxylic acids is 1. The van der Waals surface area contributed by atoms with Crippen molar-refractivity contribution < 1.29 is 9.18 Å². The van der Waals surface area contributed by atoms with Crippen molar-refractivity contribution >= 4 is 11.9 Å². The summed E-state index contributed by atoms with van der Waals surface area (Å²) < 4.78 is 15.0. The lowest BCUT2D eigenvalue weighted by Crippen LogP contribution is -2.39. The van der Waals surface area contributed by atoms with Crippen LogP contribution < -0.4 is 5.73 Å². The van der Waals surface area contributed by atoms with Crippen LogP contribution in [0.25, 0.3) is 11.1 Å². The molecule has 1 amide bonds. The maximum absolute atomic E-state index is 13.4. The first-order valence-electron chi connectivity index (χ1n) is 9.21. The number of nitrogen functional groups attached to an aromatic ring is 1. The molecule has 1 atom stereocenters. The number of piperidine rings is 1. The van der Waals surface area contributed by atoms with Gasteiger partial charge in [0, 0.05) is 31.5 Å². The predicted octanol–water partition coefficient (Wildman–Crippen LogP) is 2.97. The zero-order valence-corrected chi connectivity index (χ0v) is 15.5. The summed E-state index contributed by atoms with van der Waals surface area (Å²) in [6.07, 6.45) is 7.61. The van der Waals surface area contributed by atoms with Crippen LogP contribution >= 0.6 is 0 Å². The van der Waals surface area contributed by atoms with Gasteiger partial charge >= 0.3 is 0 Å². The molecule has 144 valence electrons. The van der Waals surface area contributed by atoms with Crippen LogP contribution in [0.15, 0.2) is 42.9 Å². The highest BCUT2D eigenvalue weighted by Crippen LogP contribution is 2.36. The molecular weight excluding hydrogens is 359 g/mol. The zero-order chi connectivity index (χ0) is 19.7. The molecule has 1 aliphatic rings. The standard InChI is InChI=1S/C20H21FN6O/c1-26-12-14(10-24-26)19(28)27-9-3-2-4-17(27)18-16(11-23-20(22)25-18)13-5-7-15(21)8-6-13/h5-8,10-12,17H,2-4,9H2,1H3,(H2,22,23,25)/t17-/m1/s1. The van der Waals surface area contributed by atoms with Crippen LogP contribution in [0.3, 0.4) is 0 Å². The second kappa shape index (κ2) is 7.38. The SMILES string of the molecule is Cn1cc(C(=O)N2CCCC[C@@H]2c2nc(N)ncc2-c2ccc(F)cc2)cn1. The molecular formula is C20H21FN6O. The van der Waals surface area contributed by atoms with E-state index in [1.807, 2.05) is 4.90 Å². The average Bonchev–Trinajstić information content (AvgIpc) is 3.14. The number of rotatable bonds is 3. The van der Waals surface area contributed by atoms with Gasteiger partial charge in [-0.3, -0.25) is 9.48 Å². The quantitative estimate of drug-likeness (QED) is 0.754. The van der Waals surface area contributed by atoms with Gasteiger partial charge in [0.15, 0.2) is 0 Å². The summed E-state index contributed by atoms with van der Waals surface area (Å²) in [7, 11) is 1.78. The first-order valence-corrected chi connectivity index (χ1v) is 9.21. The van der Waals surface area contributed by atoms with E-state index in [0.29, 0.717) is 17.8 Å². The van der Waals surface area contributed by atoms with Crippen molar-refractivity contribution in [2.75, 3.05) is 12.3 Å². The Bertz CT molecular complexity index is 1000. The number of aryl methyl sites for hydroxylation is 1. The monoisotopic (exact) mass is 380 g/mol. The van der Waals surface area contributed by atoms with Crippen LogP contribution in [0.2, 0.25) is 0 Å². The third kappa shape index (κ3) is 3.45. The highest BCUT2D eigenvalue weighted by molar-refractivity contribution is 5.94. The Hall–Kier alpha value is -3.29. The summed E-state index contributed by atoms with van der Waals surface area (Å²) in [6.45, 7) is 0.630. The van der Waals surface area contributed by atoms with Crippen LogP contribution in [-0.2, 0) is 7.05 Å². The minimum atomic E-state index is -0.312. The molecule has 1 aromatic carbocycles. The van der Waals surface area contributed by atoms with Crippen molar-refractivity contribution in [3.8, 4) is 11.1 Å². The fraction of sp³-hybridized carbons (Fsp3) is 0.300. The third-order valence-corrected chi connectivity index (χ3v) is 5.02. The van der Waals surface area contributed by atoms with E-state index in [9.17, 15) is 9.18 Å². The molecule has 28 heavy (non-hydrogen) atoms. The van der Waals surface area contributed by atoms with Crippen LogP contribution in [0.4, 0.5) is 10.3 Å². The number of carbonyl (C=O) groups is 1. The molecule has 0 spiro atoms. The first-order chi connectivity index (χ1) is 13.5. The van der Waals surface area contributed by atoms with Gasteiger partial charge in [0.1, 0.15) is 5.82 Å². The van der Waals surface area contributed by atoms with E-state index in [0.717, 1.165) is 30.4 Å². The molecule has 0 aliphatic carbocycles. The van der Waals surface area contributed by atoms with Crippen molar-refractivity contribution in [2.24, 2.45) is 7.05 Å². The van der Waals surface area contributed by atoms with E-state index in [1.165, 1.54) is 12.1 Å². The molecule has 3 aromatic rings. The number of nitrogens with zero attached hydrogens (tertiary/aromatic N) is 5. The number of aromatic nitrogens is 4. The minimum Gasteiger partial charge on any atom is -0.368 e. The molecule has 0 bridgehead atoms. The second-order valence-electron chi connectivity index (χ2n) is 6.95. The number of likely N-dealkylation sites (tertiary alicyclic amines) is 1. The number of benzene rings is 1. The van der Waals surface area contributed by atoms with Gasteiger partial charge in [0.25, 0.3) is 5.91 Å². The Labute approximate surface area is 162 Å². The summed E-state index contributed by atoms with van der Waals surface area (Å²) in [6, 6.07) is 5.93. The molecule has 0 radical (unpaired) electrons. The van der Waals surface area contributed by atoms with Gasteiger partial charge < -0.3 is 10.6 Å². The molecule has 1 saturated heterocycles. The molecule has 4 rings (SSSR count). The smallest absolute Gasteiger partial charge is 0.257 e. The van der Waals surface area contributed by atoms with Gasteiger partial charge in [-0.1, -0.05) is 12.1 Å². The Morgan fingerprint density at radius 2 is 2.00 bits per heavy atom. The Morgan fingerprint density at radius 3 is 2.71 bits per heavy atom. The largest absolute Gasteiger partial charge is 0.368 e. The topological polar surface area (TPSA) is 89.9 Å². The van der Waals surface area contributed by atoms with Crippen molar-refractivity contribution in [3.63, 3.8) is 0 Å². The molecule has 1 fully saturated rings. The maximum atomic E-state index is 13.4. The van der Waals surface area contributed by atoms with Crippen LogP contribution in [0, 0.1) is 5.82 Å². The Morgan fingerprint density at radius 1 is 1.21 bits per heavy atom. The number of halogens is 1.